The van der Waals surface area contributed by atoms with Gasteiger partial charge in [0.15, 0.2) is 5.78 Å². The molecule has 0 saturated heterocycles. The molecule has 0 radical (unpaired) electrons. The first-order valence-corrected chi connectivity index (χ1v) is 5.37. The van der Waals surface area contributed by atoms with Gasteiger partial charge >= 0.3 is 0 Å². The smallest absolute Gasteiger partial charge is 0.155 e. The van der Waals surface area contributed by atoms with E-state index >= 15 is 0 Å². The fraction of sp³-hybridized carbons (Fsp3) is 0.750. The standard InChI is InChI=1S/C12H18O/c1-9-4-3-5-10-8-11(13)6-7-12(9,10)2/h8-9H,3-7H2,1-2H3/t9-,12+/m1/s1. The fourth-order valence-electron chi connectivity index (χ4n) is 2.81. The molecular weight excluding hydrogens is 160 g/mol. The molecule has 2 rings (SSSR count). The van der Waals surface area contributed by atoms with Gasteiger partial charge in [-0.05, 0) is 43.1 Å². The summed E-state index contributed by atoms with van der Waals surface area (Å²) < 4.78 is 0. The number of carbonyl (C=O) groups excluding carboxylic acids is 1. The normalized spacial score (nSPS) is 39.7. The van der Waals surface area contributed by atoms with Gasteiger partial charge in [0.25, 0.3) is 0 Å². The van der Waals surface area contributed by atoms with Crippen molar-refractivity contribution in [3.8, 4) is 0 Å². The number of hydrogen-bond donors (Lipinski definition) is 0. The molecule has 0 N–H and O–H groups in total. The summed E-state index contributed by atoms with van der Waals surface area (Å²) in [5, 5.41) is 0. The van der Waals surface area contributed by atoms with E-state index in [2.05, 4.69) is 13.8 Å². The maximum atomic E-state index is 11.3. The summed E-state index contributed by atoms with van der Waals surface area (Å²) in [5.74, 6) is 1.11. The summed E-state index contributed by atoms with van der Waals surface area (Å²) in [5.41, 5.74) is 1.79. The molecule has 13 heavy (non-hydrogen) atoms. The quantitative estimate of drug-likeness (QED) is 0.557. The van der Waals surface area contributed by atoms with Crippen molar-refractivity contribution in [2.45, 2.75) is 46.0 Å². The first-order chi connectivity index (χ1) is 6.13. The van der Waals surface area contributed by atoms with E-state index < -0.39 is 0 Å². The minimum absolute atomic E-state index is 0.349. The SMILES string of the molecule is C[C@@H]1CCCC2=CC(=O)CC[C@]21C. The lowest BCUT2D eigenvalue weighted by Crippen LogP contribution is -2.34. The van der Waals surface area contributed by atoms with Gasteiger partial charge in [-0.15, -0.1) is 0 Å². The Balaban J connectivity index is 2.34. The van der Waals surface area contributed by atoms with Crippen molar-refractivity contribution in [2.75, 3.05) is 0 Å². The zero-order chi connectivity index (χ0) is 9.47. The minimum Gasteiger partial charge on any atom is -0.295 e. The van der Waals surface area contributed by atoms with Gasteiger partial charge in [0.2, 0.25) is 0 Å². The van der Waals surface area contributed by atoms with Gasteiger partial charge in [0.05, 0.1) is 0 Å². The van der Waals surface area contributed by atoms with E-state index in [1.807, 2.05) is 6.08 Å². The van der Waals surface area contributed by atoms with Crippen LogP contribution in [0.3, 0.4) is 0 Å². The molecule has 2 atom stereocenters. The zero-order valence-electron chi connectivity index (χ0n) is 8.60. The van der Waals surface area contributed by atoms with E-state index in [0.29, 0.717) is 11.2 Å². The Morgan fingerprint density at radius 2 is 2.23 bits per heavy atom. The first kappa shape index (κ1) is 8.98. The highest BCUT2D eigenvalue weighted by Gasteiger charge is 2.39. The molecule has 0 aromatic carbocycles. The lowest BCUT2D eigenvalue weighted by molar-refractivity contribution is -0.116. The lowest BCUT2D eigenvalue weighted by atomic mass is 9.60. The summed E-state index contributed by atoms with van der Waals surface area (Å²) in [6.45, 7) is 4.68. The topological polar surface area (TPSA) is 17.1 Å². The molecule has 2 aliphatic rings. The Hall–Kier alpha value is -0.590. The molecule has 1 fully saturated rings. The van der Waals surface area contributed by atoms with Gasteiger partial charge in [0.1, 0.15) is 0 Å². The van der Waals surface area contributed by atoms with Crippen LogP contribution in [0, 0.1) is 11.3 Å². The second-order valence-electron chi connectivity index (χ2n) is 4.85. The van der Waals surface area contributed by atoms with E-state index in [4.69, 9.17) is 0 Å². The highest BCUT2D eigenvalue weighted by Crippen LogP contribution is 2.49. The van der Waals surface area contributed by atoms with Gasteiger partial charge in [-0.25, -0.2) is 0 Å². The van der Waals surface area contributed by atoms with Gasteiger partial charge < -0.3 is 0 Å². The number of fused-ring (bicyclic) bond motifs is 1. The predicted molar refractivity (Wildman–Crippen MR) is 53.4 cm³/mol. The Morgan fingerprint density at radius 3 is 3.00 bits per heavy atom. The van der Waals surface area contributed by atoms with Crippen molar-refractivity contribution in [2.24, 2.45) is 11.3 Å². The monoisotopic (exact) mass is 178 g/mol. The Kier molecular flexibility index (Phi) is 2.05. The van der Waals surface area contributed by atoms with Crippen molar-refractivity contribution in [1.29, 1.82) is 0 Å². The van der Waals surface area contributed by atoms with Gasteiger partial charge in [-0.1, -0.05) is 19.4 Å². The Bertz CT molecular complexity index is 264. The fourth-order valence-corrected chi connectivity index (χ4v) is 2.81. The third-order valence-corrected chi connectivity index (χ3v) is 4.13. The summed E-state index contributed by atoms with van der Waals surface area (Å²) in [4.78, 5) is 11.3. The zero-order valence-corrected chi connectivity index (χ0v) is 8.60. The number of ketones is 1. The Morgan fingerprint density at radius 1 is 1.46 bits per heavy atom. The van der Waals surface area contributed by atoms with E-state index in [9.17, 15) is 4.79 Å². The molecular formula is C12H18O. The van der Waals surface area contributed by atoms with Crippen LogP contribution in [0.2, 0.25) is 0 Å². The molecule has 1 saturated carbocycles. The van der Waals surface area contributed by atoms with Crippen molar-refractivity contribution in [3.05, 3.63) is 11.6 Å². The molecule has 2 aliphatic carbocycles. The first-order valence-electron chi connectivity index (χ1n) is 5.37. The van der Waals surface area contributed by atoms with Crippen LogP contribution in [0.5, 0.6) is 0 Å². The van der Waals surface area contributed by atoms with Gasteiger partial charge in [-0.3, -0.25) is 4.79 Å². The molecule has 0 heterocycles. The summed E-state index contributed by atoms with van der Waals surface area (Å²) >= 11 is 0. The molecule has 0 aromatic heterocycles. The second kappa shape index (κ2) is 2.97. The number of allylic oxidation sites excluding steroid dienone is 2. The minimum atomic E-state index is 0.349. The number of carbonyl (C=O) groups is 1. The highest BCUT2D eigenvalue weighted by molar-refractivity contribution is 5.91. The van der Waals surface area contributed by atoms with Crippen molar-refractivity contribution < 1.29 is 4.79 Å². The van der Waals surface area contributed by atoms with Crippen LogP contribution in [0.25, 0.3) is 0 Å². The van der Waals surface area contributed by atoms with E-state index in [-0.39, 0.29) is 0 Å². The number of rotatable bonds is 0. The van der Waals surface area contributed by atoms with Gasteiger partial charge in [0, 0.05) is 6.42 Å². The molecule has 0 bridgehead atoms. The van der Waals surface area contributed by atoms with Crippen LogP contribution >= 0.6 is 0 Å². The predicted octanol–water partition coefficient (Wildman–Crippen LogP) is 3.10. The van der Waals surface area contributed by atoms with Crippen LogP contribution < -0.4 is 0 Å². The molecule has 0 aromatic rings. The molecule has 1 heteroatoms. The highest BCUT2D eigenvalue weighted by atomic mass is 16.1. The third kappa shape index (κ3) is 1.34. The summed E-state index contributed by atoms with van der Waals surface area (Å²) in [7, 11) is 0. The number of hydrogen-bond acceptors (Lipinski definition) is 1. The summed E-state index contributed by atoms with van der Waals surface area (Å²) in [6, 6.07) is 0. The van der Waals surface area contributed by atoms with Crippen molar-refractivity contribution >= 4 is 5.78 Å². The third-order valence-electron chi connectivity index (χ3n) is 4.13. The summed E-state index contributed by atoms with van der Waals surface area (Å²) in [6.07, 6.45) is 7.55. The van der Waals surface area contributed by atoms with Crippen LogP contribution in [0.1, 0.15) is 46.0 Å². The largest absolute Gasteiger partial charge is 0.295 e. The molecule has 0 amide bonds. The maximum absolute atomic E-state index is 11.3. The molecule has 0 unspecified atom stereocenters. The molecule has 72 valence electrons. The van der Waals surface area contributed by atoms with Crippen molar-refractivity contribution in [1.82, 2.24) is 0 Å². The maximum Gasteiger partial charge on any atom is 0.155 e. The lowest BCUT2D eigenvalue weighted by Gasteiger charge is -2.44. The molecule has 0 spiro atoms. The second-order valence-corrected chi connectivity index (χ2v) is 4.85. The van der Waals surface area contributed by atoms with Crippen LogP contribution in [0.4, 0.5) is 0 Å². The van der Waals surface area contributed by atoms with Crippen LogP contribution in [-0.4, -0.2) is 5.78 Å². The van der Waals surface area contributed by atoms with Gasteiger partial charge in [-0.2, -0.15) is 0 Å². The molecule has 0 aliphatic heterocycles. The van der Waals surface area contributed by atoms with Crippen LogP contribution in [0.15, 0.2) is 11.6 Å². The van der Waals surface area contributed by atoms with Crippen molar-refractivity contribution in [3.63, 3.8) is 0 Å². The average Bonchev–Trinajstić information content (AvgIpc) is 2.09. The van der Waals surface area contributed by atoms with E-state index in [1.54, 1.807) is 0 Å². The molecule has 1 nitrogen and oxygen atoms in total. The average molecular weight is 178 g/mol. The van der Waals surface area contributed by atoms with Crippen LogP contribution in [-0.2, 0) is 4.79 Å². The van der Waals surface area contributed by atoms with E-state index in [1.165, 1.54) is 18.4 Å². The van der Waals surface area contributed by atoms with E-state index in [0.717, 1.165) is 25.2 Å². The Labute approximate surface area is 80.2 Å².